The molecular formula is C17H18N2O6. The molecule has 0 aliphatic carbocycles. The zero-order chi connectivity index (χ0) is 18.2. The van der Waals surface area contributed by atoms with Gasteiger partial charge in [-0.15, -0.1) is 0 Å². The smallest absolute Gasteiger partial charge is 0.341 e. The molecular weight excluding hydrogens is 328 g/mol. The van der Waals surface area contributed by atoms with E-state index in [4.69, 9.17) is 24.1 Å². The number of carbonyl (C=O) groups is 1. The molecule has 0 atom stereocenters. The van der Waals surface area contributed by atoms with Gasteiger partial charge in [-0.05, 0) is 18.2 Å². The monoisotopic (exact) mass is 346 g/mol. The van der Waals surface area contributed by atoms with Crippen LogP contribution in [0.25, 0.3) is 12.2 Å². The normalized spacial score (nSPS) is 10.5. The summed E-state index contributed by atoms with van der Waals surface area (Å²) in [5, 5.41) is 8.82. The summed E-state index contributed by atoms with van der Waals surface area (Å²) >= 11 is 0. The van der Waals surface area contributed by atoms with Crippen LogP contribution in [0.2, 0.25) is 0 Å². The molecule has 0 bridgehead atoms. The van der Waals surface area contributed by atoms with Crippen LogP contribution in [0.5, 0.6) is 23.4 Å². The first-order valence-electron chi connectivity index (χ1n) is 7.24. The van der Waals surface area contributed by atoms with Crippen molar-refractivity contribution < 1.29 is 28.8 Å². The Kier molecular flexibility index (Phi) is 6.16. The van der Waals surface area contributed by atoms with Crippen molar-refractivity contribution >= 4 is 18.1 Å². The maximum Gasteiger partial charge on any atom is 0.341 e. The van der Waals surface area contributed by atoms with Gasteiger partial charge in [-0.3, -0.25) is 0 Å². The molecule has 1 heterocycles. The van der Waals surface area contributed by atoms with Crippen LogP contribution in [0.15, 0.2) is 24.3 Å². The lowest BCUT2D eigenvalue weighted by Crippen LogP contribution is -2.10. The Morgan fingerprint density at radius 3 is 2.56 bits per heavy atom. The molecule has 0 spiro atoms. The minimum atomic E-state index is -1.08. The average Bonchev–Trinajstić information content (AvgIpc) is 2.64. The van der Waals surface area contributed by atoms with Gasteiger partial charge in [0.1, 0.15) is 0 Å². The molecule has 0 unspecified atom stereocenters. The van der Waals surface area contributed by atoms with E-state index in [-0.39, 0.29) is 6.01 Å². The topological polar surface area (TPSA) is 100 Å². The van der Waals surface area contributed by atoms with Crippen molar-refractivity contribution in [2.75, 3.05) is 27.9 Å². The number of para-hydroxylation sites is 1. The second kappa shape index (κ2) is 8.53. The van der Waals surface area contributed by atoms with E-state index in [2.05, 4.69) is 9.97 Å². The van der Waals surface area contributed by atoms with Gasteiger partial charge in [-0.2, -0.15) is 9.97 Å². The van der Waals surface area contributed by atoms with E-state index >= 15 is 0 Å². The number of ether oxygens (including phenoxy) is 4. The van der Waals surface area contributed by atoms with Crippen LogP contribution in [0.1, 0.15) is 11.3 Å². The SMILES string of the molecule is COc1cc(/C=C/c2cccc(OC)c2OCC(=O)O)nc(OC)n1. The predicted octanol–water partition coefficient (Wildman–Crippen LogP) is 2.14. The van der Waals surface area contributed by atoms with Crippen molar-refractivity contribution in [3.8, 4) is 23.4 Å². The van der Waals surface area contributed by atoms with Crippen LogP contribution in [-0.4, -0.2) is 49.0 Å². The van der Waals surface area contributed by atoms with Crippen molar-refractivity contribution in [2.24, 2.45) is 0 Å². The number of methoxy groups -OCH3 is 3. The third-order valence-electron chi connectivity index (χ3n) is 3.10. The first-order chi connectivity index (χ1) is 12.1. The fourth-order valence-electron chi connectivity index (χ4n) is 1.99. The van der Waals surface area contributed by atoms with Crippen LogP contribution in [0.3, 0.4) is 0 Å². The summed E-state index contributed by atoms with van der Waals surface area (Å²) in [5.41, 5.74) is 1.19. The Labute approximate surface area is 144 Å². The molecule has 1 N–H and O–H groups in total. The summed E-state index contributed by atoms with van der Waals surface area (Å²) in [6.07, 6.45) is 3.43. The molecule has 0 saturated carbocycles. The number of hydrogen-bond acceptors (Lipinski definition) is 7. The second-order valence-corrected chi connectivity index (χ2v) is 4.72. The van der Waals surface area contributed by atoms with E-state index in [1.165, 1.54) is 21.3 Å². The second-order valence-electron chi connectivity index (χ2n) is 4.72. The number of benzene rings is 1. The number of carboxylic acids is 1. The summed E-state index contributed by atoms with van der Waals surface area (Å²) in [4.78, 5) is 19.0. The lowest BCUT2D eigenvalue weighted by atomic mass is 10.1. The maximum absolute atomic E-state index is 10.8. The van der Waals surface area contributed by atoms with Gasteiger partial charge in [0.05, 0.1) is 27.0 Å². The van der Waals surface area contributed by atoms with Crippen molar-refractivity contribution in [2.45, 2.75) is 0 Å². The predicted molar refractivity (Wildman–Crippen MR) is 90.2 cm³/mol. The zero-order valence-electron chi connectivity index (χ0n) is 14.1. The Hall–Kier alpha value is -3.29. The molecule has 8 heteroatoms. The van der Waals surface area contributed by atoms with Gasteiger partial charge in [0.15, 0.2) is 18.1 Å². The summed E-state index contributed by atoms with van der Waals surface area (Å²) in [6, 6.07) is 7.04. The minimum Gasteiger partial charge on any atom is -0.493 e. The Morgan fingerprint density at radius 2 is 1.92 bits per heavy atom. The van der Waals surface area contributed by atoms with Gasteiger partial charge < -0.3 is 24.1 Å². The number of aromatic nitrogens is 2. The van der Waals surface area contributed by atoms with Crippen LogP contribution >= 0.6 is 0 Å². The molecule has 0 radical (unpaired) electrons. The summed E-state index contributed by atoms with van der Waals surface area (Å²) < 4.78 is 20.7. The van der Waals surface area contributed by atoms with E-state index in [1.54, 1.807) is 36.4 Å². The third-order valence-corrected chi connectivity index (χ3v) is 3.10. The van der Waals surface area contributed by atoms with Gasteiger partial charge in [0, 0.05) is 11.6 Å². The lowest BCUT2D eigenvalue weighted by Gasteiger charge is -2.11. The Balaban J connectivity index is 2.35. The highest BCUT2D eigenvalue weighted by molar-refractivity contribution is 5.74. The molecule has 132 valence electrons. The summed E-state index contributed by atoms with van der Waals surface area (Å²) in [5.74, 6) is 0.0449. The summed E-state index contributed by atoms with van der Waals surface area (Å²) in [6.45, 7) is -0.476. The van der Waals surface area contributed by atoms with Crippen LogP contribution in [0.4, 0.5) is 0 Å². The molecule has 1 aromatic carbocycles. The van der Waals surface area contributed by atoms with Gasteiger partial charge in [-0.1, -0.05) is 12.1 Å². The molecule has 0 aliphatic heterocycles. The number of carboxylic acid groups (broad SMARTS) is 1. The van der Waals surface area contributed by atoms with Gasteiger partial charge in [-0.25, -0.2) is 4.79 Å². The molecule has 25 heavy (non-hydrogen) atoms. The first-order valence-corrected chi connectivity index (χ1v) is 7.24. The van der Waals surface area contributed by atoms with Crippen molar-refractivity contribution in [1.82, 2.24) is 9.97 Å². The average molecular weight is 346 g/mol. The Bertz CT molecular complexity index is 753. The van der Waals surface area contributed by atoms with E-state index in [9.17, 15) is 4.79 Å². The summed E-state index contributed by atoms with van der Waals surface area (Å²) in [7, 11) is 4.44. The molecule has 1 aromatic heterocycles. The molecule has 2 rings (SSSR count). The molecule has 0 aliphatic rings. The van der Waals surface area contributed by atoms with E-state index < -0.39 is 12.6 Å². The maximum atomic E-state index is 10.8. The van der Waals surface area contributed by atoms with Crippen molar-refractivity contribution in [1.29, 1.82) is 0 Å². The molecule has 0 fully saturated rings. The highest BCUT2D eigenvalue weighted by atomic mass is 16.5. The number of nitrogens with zero attached hydrogens (tertiary/aromatic N) is 2. The van der Waals surface area contributed by atoms with Crippen LogP contribution < -0.4 is 18.9 Å². The Morgan fingerprint density at radius 1 is 1.12 bits per heavy atom. The standard InChI is InChI=1S/C17H18N2O6/c1-22-13-6-4-5-11(16(13)25-10-15(20)21)7-8-12-9-14(23-2)19-17(18-12)24-3/h4-9H,10H2,1-3H3,(H,20,21)/b8-7+. The molecule has 0 amide bonds. The minimum absolute atomic E-state index is 0.173. The molecule has 0 saturated heterocycles. The quantitative estimate of drug-likeness (QED) is 0.776. The van der Waals surface area contributed by atoms with Crippen LogP contribution in [0, 0.1) is 0 Å². The highest BCUT2D eigenvalue weighted by Crippen LogP contribution is 2.32. The number of hydrogen-bond donors (Lipinski definition) is 1. The van der Waals surface area contributed by atoms with Gasteiger partial charge >= 0.3 is 12.0 Å². The first kappa shape index (κ1) is 18.1. The lowest BCUT2D eigenvalue weighted by molar-refractivity contribution is -0.139. The molecule has 8 nitrogen and oxygen atoms in total. The third kappa shape index (κ3) is 4.84. The van der Waals surface area contributed by atoms with Crippen molar-refractivity contribution in [3.05, 3.63) is 35.5 Å². The molecule has 2 aromatic rings. The van der Waals surface area contributed by atoms with Gasteiger partial charge in [0.25, 0.3) is 0 Å². The van der Waals surface area contributed by atoms with E-state index in [0.29, 0.717) is 28.6 Å². The fraction of sp³-hybridized carbons (Fsp3) is 0.235. The largest absolute Gasteiger partial charge is 0.493 e. The van der Waals surface area contributed by atoms with E-state index in [0.717, 1.165) is 0 Å². The van der Waals surface area contributed by atoms with Crippen molar-refractivity contribution in [3.63, 3.8) is 0 Å². The van der Waals surface area contributed by atoms with Gasteiger partial charge in [0.2, 0.25) is 5.88 Å². The zero-order valence-corrected chi connectivity index (χ0v) is 14.1. The van der Waals surface area contributed by atoms with Crippen LogP contribution in [-0.2, 0) is 4.79 Å². The number of aliphatic carboxylic acids is 1. The van der Waals surface area contributed by atoms with E-state index in [1.807, 2.05) is 0 Å². The fourth-order valence-corrected chi connectivity index (χ4v) is 1.99. The number of rotatable bonds is 8. The highest BCUT2D eigenvalue weighted by Gasteiger charge is 2.11.